The zero-order valence-corrected chi connectivity index (χ0v) is 33.3. The van der Waals surface area contributed by atoms with E-state index in [9.17, 15) is 0 Å². The maximum absolute atomic E-state index is 4.64. The van der Waals surface area contributed by atoms with E-state index in [1.165, 1.54) is 52.4 Å². The Morgan fingerprint density at radius 1 is 0.612 bits per heavy atom. The van der Waals surface area contributed by atoms with Crippen LogP contribution in [0.15, 0.2) is 146 Å². The molecule has 0 saturated carbocycles. The molecule has 0 saturated heterocycles. The van der Waals surface area contributed by atoms with Gasteiger partial charge in [-0.05, 0) is 57.1 Å². The second-order valence-corrected chi connectivity index (χ2v) is 24.7. The topological polar surface area (TPSA) is 25.8 Å². The van der Waals surface area contributed by atoms with Crippen molar-refractivity contribution in [3.63, 3.8) is 0 Å². The van der Waals surface area contributed by atoms with Gasteiger partial charge < -0.3 is 4.98 Å². The van der Waals surface area contributed by atoms with E-state index in [1.807, 2.05) is 54.1 Å². The summed E-state index contributed by atoms with van der Waals surface area (Å²) in [6.45, 7) is 2.21. The molecule has 1 radical (unpaired) electrons. The van der Waals surface area contributed by atoms with Crippen molar-refractivity contribution in [2.24, 2.45) is 0 Å². The Balaban J connectivity index is 0.000000208. The summed E-state index contributed by atoms with van der Waals surface area (Å²) in [5.74, 6) is 7.14. The van der Waals surface area contributed by atoms with Gasteiger partial charge in [0.1, 0.15) is 0 Å². The van der Waals surface area contributed by atoms with Gasteiger partial charge in [-0.25, -0.2) is 0 Å². The quantitative estimate of drug-likeness (QED) is 0.127. The molecule has 0 atom stereocenters. The Hall–Kier alpha value is -4.19. The smallest absolute Gasteiger partial charge is 0 e. The minimum atomic E-state index is -1.72. The number of benzene rings is 5. The van der Waals surface area contributed by atoms with Crippen LogP contribution in [0, 0.1) is 19.1 Å². The second kappa shape index (κ2) is 15.1. The number of rotatable bonds is 5. The summed E-state index contributed by atoms with van der Waals surface area (Å²) >= 11 is 0.0949. The van der Waals surface area contributed by atoms with Crippen LogP contribution in [-0.2, 0) is 20.1 Å². The van der Waals surface area contributed by atoms with Gasteiger partial charge in [0.15, 0.2) is 0 Å². The van der Waals surface area contributed by atoms with Gasteiger partial charge in [0, 0.05) is 31.0 Å². The number of pyridine rings is 2. The molecule has 2 nitrogen and oxygen atoms in total. The van der Waals surface area contributed by atoms with Crippen LogP contribution in [0.5, 0.6) is 0 Å². The molecule has 0 fully saturated rings. The Morgan fingerprint density at radius 3 is 1.98 bits per heavy atom. The van der Waals surface area contributed by atoms with Gasteiger partial charge in [-0.2, -0.15) is 11.3 Å². The molecule has 8 rings (SSSR count). The third-order valence-corrected chi connectivity index (χ3v) is 13.9. The Bertz CT molecular complexity index is 2310. The number of hydrogen-bond acceptors (Lipinski definition) is 3. The van der Waals surface area contributed by atoms with Gasteiger partial charge in [0.05, 0.1) is 0 Å². The van der Waals surface area contributed by atoms with Crippen LogP contribution in [0.4, 0.5) is 0 Å². The van der Waals surface area contributed by atoms with Crippen molar-refractivity contribution in [2.45, 2.75) is 24.2 Å². The number of hydrogen-bond donors (Lipinski definition) is 0. The Morgan fingerprint density at radius 2 is 1.33 bits per heavy atom. The van der Waals surface area contributed by atoms with Crippen LogP contribution in [0.2, 0.25) is 17.3 Å². The van der Waals surface area contributed by atoms with Gasteiger partial charge in [-0.15, -0.1) is 23.8 Å². The third-order valence-electron chi connectivity index (χ3n) is 8.55. The molecule has 5 aromatic carbocycles. The maximum Gasteiger partial charge on any atom is 0 e. The first-order valence-electron chi connectivity index (χ1n) is 16.2. The Kier molecular flexibility index (Phi) is 10.7. The molecule has 3 heterocycles. The molecule has 8 aromatic rings. The maximum atomic E-state index is 4.64. The van der Waals surface area contributed by atoms with Gasteiger partial charge in [-0.3, -0.25) is 0 Å². The molecule has 243 valence electrons. The summed E-state index contributed by atoms with van der Waals surface area (Å²) in [5, 5.41) is 2.60. The van der Waals surface area contributed by atoms with Gasteiger partial charge in [0.25, 0.3) is 0 Å². The Labute approximate surface area is 309 Å². The standard InChI is InChI=1S/C30H20NS.C14H16GeN.Ir/c1-20-16-25(22-10-6-3-7-11-22)19-29-30(20)26-13-12-24(18-28(26)32-29)27-17-23(14-15-31-27)21-8-4-2-5-9-21;1-15(2,3)13-9-10-14(16-11-13)12-7-5-4-6-8-12;/h2-17,19H,1H3;4-7,9-11H,1-3H3;/q2*-1;. The molecule has 0 unspecified atom stereocenters. The van der Waals surface area contributed by atoms with E-state index in [0.29, 0.717) is 0 Å². The van der Waals surface area contributed by atoms with E-state index in [-0.39, 0.29) is 20.1 Å². The molecule has 0 bridgehead atoms. The minimum Gasteiger partial charge on any atom is 0 e. The van der Waals surface area contributed by atoms with E-state index < -0.39 is 13.3 Å². The monoisotopic (exact) mass is 891 g/mol. The summed E-state index contributed by atoms with van der Waals surface area (Å²) < 4.78 is 3.93. The summed E-state index contributed by atoms with van der Waals surface area (Å²) in [5.41, 5.74) is 10.2. The zero-order valence-electron chi connectivity index (χ0n) is 28.0. The van der Waals surface area contributed by atoms with Crippen LogP contribution >= 0.6 is 11.3 Å². The molecular formula is C44H36GeIrN2S-2. The predicted molar refractivity (Wildman–Crippen MR) is 208 cm³/mol. The van der Waals surface area contributed by atoms with Crippen LogP contribution in [0.25, 0.3) is 64.9 Å². The summed E-state index contributed by atoms with van der Waals surface area (Å²) in [4.78, 5) is 9.17. The van der Waals surface area contributed by atoms with Crippen molar-refractivity contribution in [1.82, 2.24) is 9.97 Å². The normalized spacial score (nSPS) is 11.1. The van der Waals surface area contributed by atoms with Gasteiger partial charge >= 0.3 is 99.8 Å². The van der Waals surface area contributed by atoms with Gasteiger partial charge in [0.2, 0.25) is 0 Å². The molecule has 3 aromatic heterocycles. The van der Waals surface area contributed by atoms with Crippen molar-refractivity contribution in [2.75, 3.05) is 0 Å². The predicted octanol–water partition coefficient (Wildman–Crippen LogP) is 11.7. The molecule has 0 aliphatic rings. The molecule has 0 aliphatic carbocycles. The number of aryl methyl sites for hydroxylation is 1. The molecular weight excluding hydrogens is 853 g/mol. The fraction of sp³-hybridized carbons (Fsp3) is 0.0909. The molecule has 0 N–H and O–H groups in total. The zero-order chi connectivity index (χ0) is 33.1. The summed E-state index contributed by atoms with van der Waals surface area (Å²) in [7, 11) is 0. The number of aromatic nitrogens is 2. The van der Waals surface area contributed by atoms with Crippen molar-refractivity contribution >= 4 is 49.2 Å². The second-order valence-electron chi connectivity index (χ2n) is 13.0. The van der Waals surface area contributed by atoms with E-state index >= 15 is 0 Å². The van der Waals surface area contributed by atoms with Gasteiger partial charge in [-0.1, -0.05) is 83.7 Å². The van der Waals surface area contributed by atoms with Crippen LogP contribution in [-0.4, -0.2) is 23.2 Å². The van der Waals surface area contributed by atoms with Crippen molar-refractivity contribution < 1.29 is 20.1 Å². The van der Waals surface area contributed by atoms with E-state index in [2.05, 4.69) is 149 Å². The average Bonchev–Trinajstić information content (AvgIpc) is 3.51. The first-order chi connectivity index (χ1) is 23.3. The molecule has 0 aliphatic heterocycles. The number of nitrogens with zero attached hydrogens (tertiary/aromatic N) is 2. The summed E-state index contributed by atoms with van der Waals surface area (Å²) in [6, 6.07) is 53.4. The minimum absolute atomic E-state index is 0. The molecule has 5 heteroatoms. The van der Waals surface area contributed by atoms with Crippen molar-refractivity contribution in [3.05, 3.63) is 164 Å². The van der Waals surface area contributed by atoms with Crippen molar-refractivity contribution in [1.29, 1.82) is 0 Å². The first kappa shape index (κ1) is 34.7. The number of thiophene rings is 1. The van der Waals surface area contributed by atoms with Crippen LogP contribution in [0.3, 0.4) is 0 Å². The van der Waals surface area contributed by atoms with E-state index in [1.54, 1.807) is 0 Å². The number of fused-ring (bicyclic) bond motifs is 3. The largest absolute Gasteiger partial charge is 0 e. The van der Waals surface area contributed by atoms with Crippen molar-refractivity contribution in [3.8, 4) is 44.8 Å². The fourth-order valence-corrected chi connectivity index (χ4v) is 9.32. The average molecular weight is 890 g/mol. The molecule has 0 amide bonds. The van der Waals surface area contributed by atoms with Crippen LogP contribution < -0.4 is 4.40 Å². The van der Waals surface area contributed by atoms with E-state index in [0.717, 1.165) is 22.5 Å². The SMILES string of the molecule is Cc1cc(-c2ccccc2)cc2sc3[c-]c(-c4cc(-c5ccccc5)ccn4)ccc3c12.[CH3][Ge]([CH3])([CH3])[c]1ccc(-c2[c-]cccc2)nc1.[Ir]. The van der Waals surface area contributed by atoms with E-state index in [4.69, 9.17) is 0 Å². The summed E-state index contributed by atoms with van der Waals surface area (Å²) in [6.07, 6.45) is 3.92. The molecule has 0 spiro atoms. The molecule has 49 heavy (non-hydrogen) atoms. The fourth-order valence-electron chi connectivity index (χ4n) is 5.93. The first-order valence-corrected chi connectivity index (χ1v) is 24.4. The van der Waals surface area contributed by atoms with Crippen LogP contribution in [0.1, 0.15) is 5.56 Å². The third kappa shape index (κ3) is 7.84.